The molecule has 2 heteroatoms. The second kappa shape index (κ2) is 5.55. The summed E-state index contributed by atoms with van der Waals surface area (Å²) in [5.41, 5.74) is 1.13. The van der Waals surface area contributed by atoms with Crippen LogP contribution in [0.4, 0.5) is 0 Å². The number of hydrogen-bond acceptors (Lipinski definition) is 2. The Balaban J connectivity index is 2.16. The van der Waals surface area contributed by atoms with Crippen LogP contribution in [0.2, 0.25) is 0 Å². The van der Waals surface area contributed by atoms with E-state index in [0.717, 1.165) is 5.57 Å². The highest BCUT2D eigenvalue weighted by Crippen LogP contribution is 2.35. The third kappa shape index (κ3) is 3.12. The number of carbonyl (C=O) groups is 1. The quantitative estimate of drug-likeness (QED) is 0.550. The highest BCUT2D eigenvalue weighted by Gasteiger charge is 2.25. The molecule has 98 valence electrons. The maximum atomic E-state index is 10.9. The molecule has 0 aromatic heterocycles. The SMILES string of the molecule is CC(=O)OCC1=C[C@@H]2C[C@H](C=C1)[C@H](C)C=C[C@@H]2C. The van der Waals surface area contributed by atoms with Gasteiger partial charge >= 0.3 is 5.97 Å². The smallest absolute Gasteiger partial charge is 0.302 e. The fourth-order valence-electron chi connectivity index (χ4n) is 2.71. The second-order valence-electron chi connectivity index (χ2n) is 5.55. The Hall–Kier alpha value is -1.31. The molecule has 2 bridgehead atoms. The van der Waals surface area contributed by atoms with E-state index in [4.69, 9.17) is 4.74 Å². The maximum Gasteiger partial charge on any atom is 0.302 e. The molecule has 0 spiro atoms. The molecule has 0 aliphatic heterocycles. The molecule has 2 nitrogen and oxygen atoms in total. The molecule has 0 fully saturated rings. The molecule has 4 atom stereocenters. The van der Waals surface area contributed by atoms with Crippen molar-refractivity contribution in [3.05, 3.63) is 36.0 Å². The Morgan fingerprint density at radius 1 is 1.22 bits per heavy atom. The minimum absolute atomic E-state index is 0.213. The molecule has 0 amide bonds. The highest BCUT2D eigenvalue weighted by molar-refractivity contribution is 5.66. The van der Waals surface area contributed by atoms with Gasteiger partial charge in [0.15, 0.2) is 0 Å². The van der Waals surface area contributed by atoms with Crippen molar-refractivity contribution >= 4 is 5.97 Å². The third-order valence-corrected chi connectivity index (χ3v) is 4.04. The second-order valence-corrected chi connectivity index (χ2v) is 5.55. The van der Waals surface area contributed by atoms with Gasteiger partial charge in [-0.1, -0.05) is 44.2 Å². The van der Waals surface area contributed by atoms with Crippen LogP contribution in [0.1, 0.15) is 27.2 Å². The Labute approximate surface area is 109 Å². The number of allylic oxidation sites excluding steroid dienone is 4. The van der Waals surface area contributed by atoms with Crippen LogP contribution in [0.15, 0.2) is 36.0 Å². The fraction of sp³-hybridized carbons (Fsp3) is 0.562. The van der Waals surface area contributed by atoms with Crippen molar-refractivity contribution in [2.75, 3.05) is 6.61 Å². The van der Waals surface area contributed by atoms with Gasteiger partial charge in [0.1, 0.15) is 6.61 Å². The summed E-state index contributed by atoms with van der Waals surface area (Å²) in [6.07, 6.45) is 12.6. The van der Waals surface area contributed by atoms with Gasteiger partial charge < -0.3 is 4.74 Å². The zero-order valence-electron chi connectivity index (χ0n) is 11.4. The average Bonchev–Trinajstić information content (AvgIpc) is 2.61. The van der Waals surface area contributed by atoms with Crippen LogP contribution in [-0.2, 0) is 9.53 Å². The lowest BCUT2D eigenvalue weighted by Gasteiger charge is -2.20. The largest absolute Gasteiger partial charge is 0.461 e. The number of carbonyl (C=O) groups excluding carboxylic acids is 1. The summed E-state index contributed by atoms with van der Waals surface area (Å²) < 4.78 is 5.10. The number of hydrogen-bond donors (Lipinski definition) is 0. The van der Waals surface area contributed by atoms with Gasteiger partial charge in [-0.25, -0.2) is 0 Å². The number of rotatable bonds is 2. The van der Waals surface area contributed by atoms with Crippen molar-refractivity contribution < 1.29 is 9.53 Å². The van der Waals surface area contributed by atoms with Crippen molar-refractivity contribution in [2.24, 2.45) is 23.7 Å². The standard InChI is InChI=1S/C16H22O2/c1-11-4-5-12(2)16-8-14(10-18-13(3)17)6-7-15(11)9-16/h4-8,11-12,15-16H,9-10H2,1-3H3/t11-,12+,15+,16-/m1/s1. The molecule has 0 unspecified atom stereocenters. The minimum atomic E-state index is -0.213. The van der Waals surface area contributed by atoms with E-state index in [1.54, 1.807) is 0 Å². The van der Waals surface area contributed by atoms with E-state index in [1.807, 2.05) is 0 Å². The molecule has 0 aromatic carbocycles. The summed E-state index contributed by atoms with van der Waals surface area (Å²) in [6.45, 7) is 6.40. The zero-order valence-corrected chi connectivity index (χ0v) is 11.4. The fourth-order valence-corrected chi connectivity index (χ4v) is 2.71. The van der Waals surface area contributed by atoms with Gasteiger partial charge in [0, 0.05) is 6.92 Å². The molecule has 18 heavy (non-hydrogen) atoms. The number of fused-ring (bicyclic) bond motifs is 2. The Kier molecular flexibility index (Phi) is 4.05. The van der Waals surface area contributed by atoms with Gasteiger partial charge in [-0.15, -0.1) is 0 Å². The molecular weight excluding hydrogens is 224 g/mol. The van der Waals surface area contributed by atoms with Crippen LogP contribution in [-0.4, -0.2) is 12.6 Å². The van der Waals surface area contributed by atoms with Crippen molar-refractivity contribution in [3.8, 4) is 0 Å². The summed E-state index contributed by atoms with van der Waals surface area (Å²) in [4.78, 5) is 10.9. The third-order valence-electron chi connectivity index (χ3n) is 4.04. The minimum Gasteiger partial charge on any atom is -0.461 e. The first-order valence-electron chi connectivity index (χ1n) is 6.77. The summed E-state index contributed by atoms with van der Waals surface area (Å²) in [5.74, 6) is 2.09. The van der Waals surface area contributed by atoms with Gasteiger partial charge in [-0.05, 0) is 35.7 Å². The number of ether oxygens (including phenoxy) is 1. The van der Waals surface area contributed by atoms with Gasteiger partial charge in [-0.3, -0.25) is 4.79 Å². The highest BCUT2D eigenvalue weighted by atomic mass is 16.5. The van der Waals surface area contributed by atoms with E-state index in [2.05, 4.69) is 44.2 Å². The summed E-state index contributed by atoms with van der Waals surface area (Å²) in [6, 6.07) is 0. The van der Waals surface area contributed by atoms with Crippen LogP contribution < -0.4 is 0 Å². The molecule has 2 aliphatic rings. The normalized spacial score (nSPS) is 34.5. The van der Waals surface area contributed by atoms with Crippen molar-refractivity contribution in [1.82, 2.24) is 0 Å². The van der Waals surface area contributed by atoms with Crippen LogP contribution in [0, 0.1) is 23.7 Å². The van der Waals surface area contributed by atoms with E-state index in [9.17, 15) is 4.79 Å². The summed E-state index contributed by atoms with van der Waals surface area (Å²) in [5, 5.41) is 0. The predicted octanol–water partition coefficient (Wildman–Crippen LogP) is 3.51. The van der Waals surface area contributed by atoms with Gasteiger partial charge in [0.05, 0.1) is 0 Å². The van der Waals surface area contributed by atoms with Crippen LogP contribution in [0.25, 0.3) is 0 Å². The maximum absolute atomic E-state index is 10.9. The lowest BCUT2D eigenvalue weighted by Crippen LogP contribution is -2.12. The summed E-state index contributed by atoms with van der Waals surface area (Å²) in [7, 11) is 0. The molecule has 0 N–H and O–H groups in total. The van der Waals surface area contributed by atoms with E-state index in [0.29, 0.717) is 30.3 Å². The molecular formula is C16H22O2. The molecule has 2 aliphatic carbocycles. The van der Waals surface area contributed by atoms with Gasteiger partial charge in [-0.2, -0.15) is 0 Å². The van der Waals surface area contributed by atoms with Crippen LogP contribution in [0.5, 0.6) is 0 Å². The van der Waals surface area contributed by atoms with Crippen molar-refractivity contribution in [2.45, 2.75) is 27.2 Å². The monoisotopic (exact) mass is 246 g/mol. The molecule has 0 radical (unpaired) electrons. The zero-order chi connectivity index (χ0) is 13.1. The first-order chi connectivity index (χ1) is 8.56. The van der Waals surface area contributed by atoms with E-state index < -0.39 is 0 Å². The Bertz CT molecular complexity index is 403. The van der Waals surface area contributed by atoms with E-state index >= 15 is 0 Å². The Morgan fingerprint density at radius 3 is 2.56 bits per heavy atom. The number of esters is 1. The first kappa shape index (κ1) is 13.1. The van der Waals surface area contributed by atoms with E-state index in [-0.39, 0.29) is 5.97 Å². The van der Waals surface area contributed by atoms with Gasteiger partial charge in [0.2, 0.25) is 0 Å². The van der Waals surface area contributed by atoms with Crippen LogP contribution in [0.3, 0.4) is 0 Å². The van der Waals surface area contributed by atoms with Crippen molar-refractivity contribution in [3.63, 3.8) is 0 Å². The predicted molar refractivity (Wildman–Crippen MR) is 72.9 cm³/mol. The average molecular weight is 246 g/mol. The molecule has 0 saturated carbocycles. The lowest BCUT2D eigenvalue weighted by molar-refractivity contribution is -0.139. The van der Waals surface area contributed by atoms with E-state index in [1.165, 1.54) is 13.3 Å². The van der Waals surface area contributed by atoms with Crippen molar-refractivity contribution in [1.29, 1.82) is 0 Å². The molecule has 0 saturated heterocycles. The van der Waals surface area contributed by atoms with Gasteiger partial charge in [0.25, 0.3) is 0 Å². The molecule has 2 rings (SSSR count). The Morgan fingerprint density at radius 2 is 1.89 bits per heavy atom. The van der Waals surface area contributed by atoms with Crippen LogP contribution >= 0.6 is 0 Å². The molecule has 0 aromatic rings. The first-order valence-corrected chi connectivity index (χ1v) is 6.77. The summed E-state index contributed by atoms with van der Waals surface area (Å²) >= 11 is 0. The lowest BCUT2D eigenvalue weighted by atomic mass is 9.85. The molecule has 0 heterocycles. The topological polar surface area (TPSA) is 26.3 Å².